The van der Waals surface area contributed by atoms with Crippen LogP contribution in [-0.2, 0) is 0 Å². The third-order valence-corrected chi connectivity index (χ3v) is 3.73. The van der Waals surface area contributed by atoms with Crippen molar-refractivity contribution in [1.29, 1.82) is 0 Å². The summed E-state index contributed by atoms with van der Waals surface area (Å²) in [6.45, 7) is 0. The Labute approximate surface area is 127 Å². The van der Waals surface area contributed by atoms with Gasteiger partial charge in [-0.1, -0.05) is 24.3 Å². The van der Waals surface area contributed by atoms with Gasteiger partial charge in [-0.05, 0) is 24.3 Å². The van der Waals surface area contributed by atoms with Gasteiger partial charge < -0.3 is 10.5 Å². The molecule has 2 aromatic carbocycles. The number of rotatable bonds is 2. The molecule has 2 heterocycles. The van der Waals surface area contributed by atoms with E-state index in [4.69, 9.17) is 15.5 Å². The molecule has 4 rings (SSSR count). The van der Waals surface area contributed by atoms with Crippen LogP contribution in [0.25, 0.3) is 27.7 Å². The predicted octanol–water partition coefficient (Wildman–Crippen LogP) is 3.14. The van der Waals surface area contributed by atoms with Gasteiger partial charge in [0.15, 0.2) is 11.5 Å². The van der Waals surface area contributed by atoms with Crippen molar-refractivity contribution in [2.75, 3.05) is 12.8 Å². The van der Waals surface area contributed by atoms with Crippen molar-refractivity contribution in [2.24, 2.45) is 0 Å². The van der Waals surface area contributed by atoms with Crippen LogP contribution in [0.1, 0.15) is 0 Å². The lowest BCUT2D eigenvalue weighted by Gasteiger charge is -2.02. The average molecular weight is 290 g/mol. The van der Waals surface area contributed by atoms with E-state index in [1.807, 2.05) is 54.7 Å². The maximum atomic E-state index is 6.03. The van der Waals surface area contributed by atoms with Gasteiger partial charge in [0.25, 0.3) is 0 Å². The molecule has 0 spiro atoms. The zero-order chi connectivity index (χ0) is 15.1. The van der Waals surface area contributed by atoms with E-state index >= 15 is 0 Å². The van der Waals surface area contributed by atoms with E-state index in [1.165, 1.54) is 0 Å². The average Bonchev–Trinajstić information content (AvgIpc) is 2.99. The van der Waals surface area contributed by atoms with Gasteiger partial charge in [0.1, 0.15) is 5.75 Å². The molecular formula is C17H14N4O. The molecule has 0 fully saturated rings. The highest BCUT2D eigenvalue weighted by Crippen LogP contribution is 2.27. The number of hydrogen-bond donors (Lipinski definition) is 1. The van der Waals surface area contributed by atoms with Crippen molar-refractivity contribution < 1.29 is 4.74 Å². The van der Waals surface area contributed by atoms with E-state index in [-0.39, 0.29) is 0 Å². The molecular weight excluding hydrogens is 276 g/mol. The number of nitrogens with two attached hydrogens (primary N) is 1. The molecule has 0 amide bonds. The molecule has 22 heavy (non-hydrogen) atoms. The maximum absolute atomic E-state index is 6.03. The molecule has 0 atom stereocenters. The van der Waals surface area contributed by atoms with Crippen molar-refractivity contribution in [1.82, 2.24) is 14.6 Å². The Kier molecular flexibility index (Phi) is 2.72. The van der Waals surface area contributed by atoms with E-state index in [1.54, 1.807) is 11.6 Å². The first-order valence-corrected chi connectivity index (χ1v) is 6.94. The van der Waals surface area contributed by atoms with E-state index in [2.05, 4.69) is 5.10 Å². The Morgan fingerprint density at radius 3 is 2.45 bits per heavy atom. The zero-order valence-electron chi connectivity index (χ0n) is 12.0. The molecule has 5 heteroatoms. The highest BCUT2D eigenvalue weighted by molar-refractivity contribution is 5.99. The lowest BCUT2D eigenvalue weighted by atomic mass is 10.1. The third-order valence-electron chi connectivity index (χ3n) is 3.73. The summed E-state index contributed by atoms with van der Waals surface area (Å²) in [6, 6.07) is 15.7. The van der Waals surface area contributed by atoms with Crippen molar-refractivity contribution in [3.8, 4) is 17.0 Å². The second-order valence-electron chi connectivity index (χ2n) is 5.05. The van der Waals surface area contributed by atoms with Crippen molar-refractivity contribution >= 4 is 22.2 Å². The number of fused-ring (bicyclic) bond motifs is 3. The van der Waals surface area contributed by atoms with Crippen molar-refractivity contribution in [3.63, 3.8) is 0 Å². The molecule has 0 saturated heterocycles. The molecule has 0 saturated carbocycles. The highest BCUT2D eigenvalue weighted by atomic mass is 16.5. The smallest absolute Gasteiger partial charge is 0.162 e. The summed E-state index contributed by atoms with van der Waals surface area (Å²) in [5, 5.41) is 6.30. The van der Waals surface area contributed by atoms with Crippen LogP contribution < -0.4 is 10.5 Å². The largest absolute Gasteiger partial charge is 0.497 e. The molecule has 2 aromatic heterocycles. The van der Waals surface area contributed by atoms with Crippen LogP contribution >= 0.6 is 0 Å². The number of nitrogens with zero attached hydrogens (tertiary/aromatic N) is 3. The minimum atomic E-state index is 0.502. The third kappa shape index (κ3) is 1.87. The molecule has 0 aliphatic rings. The van der Waals surface area contributed by atoms with Crippen LogP contribution in [0.5, 0.6) is 5.75 Å². The van der Waals surface area contributed by atoms with Crippen LogP contribution in [-0.4, -0.2) is 21.7 Å². The topological polar surface area (TPSA) is 65.4 Å². The lowest BCUT2D eigenvalue weighted by Crippen LogP contribution is -1.98. The fourth-order valence-electron chi connectivity index (χ4n) is 2.60. The Hall–Kier alpha value is -3.08. The van der Waals surface area contributed by atoms with E-state index in [0.29, 0.717) is 5.82 Å². The Balaban J connectivity index is 1.94. The SMILES string of the molecule is COc1ccc(-c2cn3nc(N)c4ccccc4c3n2)cc1. The number of methoxy groups -OCH3 is 1. The van der Waals surface area contributed by atoms with Crippen LogP contribution in [0.4, 0.5) is 5.82 Å². The fraction of sp³-hybridized carbons (Fsp3) is 0.0588. The highest BCUT2D eigenvalue weighted by Gasteiger charge is 2.10. The zero-order valence-corrected chi connectivity index (χ0v) is 12.0. The van der Waals surface area contributed by atoms with Crippen LogP contribution in [0.2, 0.25) is 0 Å². The van der Waals surface area contributed by atoms with Gasteiger partial charge in [0.05, 0.1) is 19.0 Å². The minimum Gasteiger partial charge on any atom is -0.497 e. The minimum absolute atomic E-state index is 0.502. The van der Waals surface area contributed by atoms with Gasteiger partial charge in [-0.15, -0.1) is 5.10 Å². The molecule has 2 N–H and O–H groups in total. The van der Waals surface area contributed by atoms with Gasteiger partial charge in [0.2, 0.25) is 0 Å². The number of benzene rings is 2. The number of anilines is 1. The normalized spacial score (nSPS) is 11.1. The Bertz CT molecular complexity index is 973. The van der Waals surface area contributed by atoms with Crippen LogP contribution in [0.15, 0.2) is 54.7 Å². The second kappa shape index (κ2) is 4.73. The number of aromatic nitrogens is 3. The Morgan fingerprint density at radius 2 is 1.73 bits per heavy atom. The molecule has 5 nitrogen and oxygen atoms in total. The van der Waals surface area contributed by atoms with Crippen LogP contribution in [0.3, 0.4) is 0 Å². The van der Waals surface area contributed by atoms with Gasteiger partial charge >= 0.3 is 0 Å². The van der Waals surface area contributed by atoms with Crippen LogP contribution in [0, 0.1) is 0 Å². The first-order valence-electron chi connectivity index (χ1n) is 6.94. The van der Waals surface area contributed by atoms with Gasteiger partial charge in [-0.2, -0.15) is 0 Å². The number of nitrogen functional groups attached to an aromatic ring is 1. The monoisotopic (exact) mass is 290 g/mol. The first-order chi connectivity index (χ1) is 10.8. The van der Waals surface area contributed by atoms with E-state index < -0.39 is 0 Å². The second-order valence-corrected chi connectivity index (χ2v) is 5.05. The summed E-state index contributed by atoms with van der Waals surface area (Å²) in [6.07, 6.45) is 1.89. The molecule has 0 aliphatic heterocycles. The quantitative estimate of drug-likeness (QED) is 0.616. The van der Waals surface area contributed by atoms with E-state index in [0.717, 1.165) is 33.4 Å². The molecule has 0 bridgehead atoms. The number of ether oxygens (including phenoxy) is 1. The Morgan fingerprint density at radius 1 is 1.00 bits per heavy atom. The molecule has 108 valence electrons. The number of hydrogen-bond acceptors (Lipinski definition) is 4. The summed E-state index contributed by atoms with van der Waals surface area (Å²) < 4.78 is 6.92. The summed E-state index contributed by atoms with van der Waals surface area (Å²) in [5.74, 6) is 1.32. The molecule has 0 unspecified atom stereocenters. The maximum Gasteiger partial charge on any atom is 0.162 e. The van der Waals surface area contributed by atoms with Crippen molar-refractivity contribution in [3.05, 3.63) is 54.7 Å². The van der Waals surface area contributed by atoms with Gasteiger partial charge in [-0.25, -0.2) is 9.50 Å². The molecule has 4 aromatic rings. The summed E-state index contributed by atoms with van der Waals surface area (Å²) in [5.41, 5.74) is 8.69. The van der Waals surface area contributed by atoms with E-state index in [9.17, 15) is 0 Å². The van der Waals surface area contributed by atoms with Gasteiger partial charge in [-0.3, -0.25) is 0 Å². The summed E-state index contributed by atoms with van der Waals surface area (Å²) >= 11 is 0. The summed E-state index contributed by atoms with van der Waals surface area (Å²) in [4.78, 5) is 4.71. The molecule has 0 aliphatic carbocycles. The lowest BCUT2D eigenvalue weighted by molar-refractivity contribution is 0.415. The van der Waals surface area contributed by atoms with Gasteiger partial charge in [0, 0.05) is 16.3 Å². The first kappa shape index (κ1) is 12.6. The number of imidazole rings is 1. The predicted molar refractivity (Wildman–Crippen MR) is 86.9 cm³/mol. The van der Waals surface area contributed by atoms with Crippen molar-refractivity contribution in [2.45, 2.75) is 0 Å². The summed E-state index contributed by atoms with van der Waals surface area (Å²) in [7, 11) is 1.65. The molecule has 0 radical (unpaired) electrons. The standard InChI is InChI=1S/C17H14N4O/c1-22-12-8-6-11(7-9-12)15-10-21-17(19-15)14-5-3-2-4-13(14)16(18)20-21/h2-10H,1H3,(H2,18,20). The fourth-order valence-corrected chi connectivity index (χ4v) is 2.60.